The number of hydrogen-bond acceptors (Lipinski definition) is 8. The number of ether oxygens (including phenoxy) is 1. The highest BCUT2D eigenvalue weighted by Crippen LogP contribution is 2.27. The van der Waals surface area contributed by atoms with Gasteiger partial charge in [0.2, 0.25) is 0 Å². The van der Waals surface area contributed by atoms with Gasteiger partial charge in [0.1, 0.15) is 23.7 Å². The van der Waals surface area contributed by atoms with Crippen LogP contribution in [0.15, 0.2) is 16.9 Å². The minimum atomic E-state index is -3.64. The van der Waals surface area contributed by atoms with Crippen molar-refractivity contribution in [2.24, 2.45) is 7.05 Å². The molecule has 1 fully saturated rings. The molecule has 0 unspecified atom stereocenters. The number of fused-ring (bicyclic) bond motifs is 1. The molecule has 2 aromatic heterocycles. The number of piperazine rings is 1. The van der Waals surface area contributed by atoms with Gasteiger partial charge in [0.15, 0.2) is 0 Å². The predicted molar refractivity (Wildman–Crippen MR) is 129 cm³/mol. The summed E-state index contributed by atoms with van der Waals surface area (Å²) < 4.78 is 36.5. The topological polar surface area (TPSA) is 115 Å². The van der Waals surface area contributed by atoms with Crippen LogP contribution in [0.2, 0.25) is 0 Å². The van der Waals surface area contributed by atoms with E-state index in [9.17, 15) is 18.0 Å². The van der Waals surface area contributed by atoms with Gasteiger partial charge in [0, 0.05) is 38.3 Å². The van der Waals surface area contributed by atoms with Gasteiger partial charge in [-0.25, -0.2) is 9.31 Å². The van der Waals surface area contributed by atoms with Gasteiger partial charge in [0.05, 0.1) is 18.0 Å². The summed E-state index contributed by atoms with van der Waals surface area (Å²) in [5.41, 5.74) is 0.105. The van der Waals surface area contributed by atoms with Crippen molar-refractivity contribution in [3.63, 3.8) is 0 Å². The van der Waals surface area contributed by atoms with Crippen LogP contribution in [0.25, 0.3) is 5.65 Å². The number of aromatic nitrogens is 3. The standard InChI is InChI=1S/C22H35N5O6S/c1-8-16-13-26(21(29)33-22(3,4)5)17(9-2)12-25(16)19-11-20(28)24(6)18-10-15(23-27(18)19)14-32-34(7,30)31/h10-11,16-17H,8-9,12-14H2,1-7H3/t16-,17+/m0/s1. The second-order valence-corrected chi connectivity index (χ2v) is 11.3. The number of anilines is 1. The minimum Gasteiger partial charge on any atom is -0.444 e. The van der Waals surface area contributed by atoms with Crippen molar-refractivity contribution in [3.8, 4) is 0 Å². The highest BCUT2D eigenvalue weighted by molar-refractivity contribution is 7.85. The Hall–Kier alpha value is -2.60. The average Bonchev–Trinajstić information content (AvgIpc) is 3.17. The van der Waals surface area contributed by atoms with Gasteiger partial charge in [-0.1, -0.05) is 13.8 Å². The third-order valence-electron chi connectivity index (χ3n) is 5.87. The minimum absolute atomic E-state index is 0.0643. The molecule has 1 amide bonds. The zero-order valence-electron chi connectivity index (χ0n) is 20.9. The van der Waals surface area contributed by atoms with Crippen molar-refractivity contribution in [2.75, 3.05) is 24.2 Å². The first-order valence-corrected chi connectivity index (χ1v) is 13.2. The van der Waals surface area contributed by atoms with Crippen LogP contribution in [0.3, 0.4) is 0 Å². The van der Waals surface area contributed by atoms with Crippen LogP contribution in [0, 0.1) is 0 Å². The van der Waals surface area contributed by atoms with Gasteiger partial charge in [-0.05, 0) is 33.6 Å². The van der Waals surface area contributed by atoms with Gasteiger partial charge < -0.3 is 14.5 Å². The SMILES string of the molecule is CC[C@@H]1CN(c2cc(=O)n(C)c3cc(COS(C)(=O)=O)nn23)[C@@H](CC)CN1C(=O)OC(C)(C)C. The van der Waals surface area contributed by atoms with E-state index in [1.807, 2.05) is 34.6 Å². The lowest BCUT2D eigenvalue weighted by molar-refractivity contribution is 0.00978. The van der Waals surface area contributed by atoms with E-state index in [1.54, 1.807) is 22.5 Å². The summed E-state index contributed by atoms with van der Waals surface area (Å²) in [6, 6.07) is 3.00. The van der Waals surface area contributed by atoms with Gasteiger partial charge in [0.25, 0.3) is 15.7 Å². The first-order chi connectivity index (χ1) is 15.7. The molecule has 2 atom stereocenters. The van der Waals surface area contributed by atoms with E-state index >= 15 is 0 Å². The fraction of sp³-hybridized carbons (Fsp3) is 0.682. The highest BCUT2D eigenvalue weighted by Gasteiger charge is 2.38. The third-order valence-corrected chi connectivity index (χ3v) is 6.41. The average molecular weight is 498 g/mol. The molecule has 11 nitrogen and oxygen atoms in total. The maximum absolute atomic E-state index is 12.9. The second-order valence-electron chi connectivity index (χ2n) is 9.68. The number of carbonyl (C=O) groups excluding carboxylic acids is 1. The molecule has 3 rings (SSSR count). The molecular formula is C22H35N5O6S. The summed E-state index contributed by atoms with van der Waals surface area (Å²) in [7, 11) is -2.00. The monoisotopic (exact) mass is 497 g/mol. The Labute approximate surface area is 200 Å². The molecule has 3 heterocycles. The molecular weight excluding hydrogens is 462 g/mol. The van der Waals surface area contributed by atoms with E-state index in [0.717, 1.165) is 12.7 Å². The fourth-order valence-corrected chi connectivity index (χ4v) is 4.46. The zero-order valence-corrected chi connectivity index (χ0v) is 21.8. The van der Waals surface area contributed by atoms with Crippen LogP contribution in [0.5, 0.6) is 0 Å². The highest BCUT2D eigenvalue weighted by atomic mass is 32.2. The largest absolute Gasteiger partial charge is 0.444 e. The molecule has 0 spiro atoms. The number of carbonyl (C=O) groups is 1. The molecule has 0 aliphatic carbocycles. The van der Waals surface area contributed by atoms with Crippen LogP contribution in [-0.4, -0.2) is 70.6 Å². The van der Waals surface area contributed by atoms with E-state index in [1.165, 1.54) is 10.6 Å². The molecule has 2 aromatic rings. The summed E-state index contributed by atoms with van der Waals surface area (Å²) in [6.45, 7) is 10.3. The van der Waals surface area contributed by atoms with Crippen molar-refractivity contribution in [3.05, 3.63) is 28.2 Å². The maximum Gasteiger partial charge on any atom is 0.410 e. The molecule has 34 heavy (non-hydrogen) atoms. The summed E-state index contributed by atoms with van der Waals surface area (Å²) in [6.07, 6.45) is 2.08. The van der Waals surface area contributed by atoms with Crippen molar-refractivity contribution < 1.29 is 22.1 Å². The molecule has 0 bridgehead atoms. The Morgan fingerprint density at radius 1 is 1.15 bits per heavy atom. The van der Waals surface area contributed by atoms with Gasteiger partial charge in [-0.3, -0.25) is 13.5 Å². The third kappa shape index (κ3) is 5.72. The first-order valence-electron chi connectivity index (χ1n) is 11.4. The molecule has 0 aromatic carbocycles. The number of amides is 1. The lowest BCUT2D eigenvalue weighted by Crippen LogP contribution is -2.60. The molecule has 1 saturated heterocycles. The summed E-state index contributed by atoms with van der Waals surface area (Å²) >= 11 is 0. The second kappa shape index (κ2) is 9.57. The molecule has 0 radical (unpaired) electrons. The number of hydrogen-bond donors (Lipinski definition) is 0. The smallest absolute Gasteiger partial charge is 0.410 e. The van der Waals surface area contributed by atoms with Crippen molar-refractivity contribution in [2.45, 2.75) is 71.8 Å². The number of aryl methyl sites for hydroxylation is 1. The summed E-state index contributed by atoms with van der Waals surface area (Å²) in [5.74, 6) is 0.595. The predicted octanol–water partition coefficient (Wildman–Crippen LogP) is 2.12. The van der Waals surface area contributed by atoms with Crippen molar-refractivity contribution in [1.82, 2.24) is 19.1 Å². The lowest BCUT2D eigenvalue weighted by atomic mass is 10.0. The van der Waals surface area contributed by atoms with E-state index < -0.39 is 15.7 Å². The number of nitrogens with zero attached hydrogens (tertiary/aromatic N) is 5. The van der Waals surface area contributed by atoms with Crippen molar-refractivity contribution >= 4 is 27.7 Å². The Balaban J connectivity index is 2.01. The number of rotatable bonds is 6. The summed E-state index contributed by atoms with van der Waals surface area (Å²) in [4.78, 5) is 29.6. The molecule has 190 valence electrons. The molecule has 1 aliphatic rings. The van der Waals surface area contributed by atoms with Gasteiger partial charge in [-0.2, -0.15) is 13.5 Å². The molecule has 1 aliphatic heterocycles. The summed E-state index contributed by atoms with van der Waals surface area (Å²) in [5, 5.41) is 4.54. The zero-order chi connectivity index (χ0) is 25.4. The Morgan fingerprint density at radius 2 is 1.79 bits per heavy atom. The Kier molecular flexibility index (Phi) is 7.32. The molecule has 12 heteroatoms. The van der Waals surface area contributed by atoms with Crippen LogP contribution in [0.1, 0.15) is 53.2 Å². The Morgan fingerprint density at radius 3 is 2.35 bits per heavy atom. The van der Waals surface area contributed by atoms with E-state index in [4.69, 9.17) is 8.92 Å². The van der Waals surface area contributed by atoms with Gasteiger partial charge >= 0.3 is 6.09 Å². The van der Waals surface area contributed by atoms with Crippen LogP contribution in [-0.2, 0) is 32.7 Å². The van der Waals surface area contributed by atoms with E-state index in [0.29, 0.717) is 36.7 Å². The van der Waals surface area contributed by atoms with E-state index in [-0.39, 0.29) is 30.3 Å². The Bertz CT molecular complexity index is 1210. The van der Waals surface area contributed by atoms with Crippen LogP contribution in [0.4, 0.5) is 10.6 Å². The molecule has 0 N–H and O–H groups in total. The van der Waals surface area contributed by atoms with E-state index in [2.05, 4.69) is 10.00 Å². The van der Waals surface area contributed by atoms with Crippen molar-refractivity contribution in [1.29, 1.82) is 0 Å². The fourth-order valence-electron chi connectivity index (χ4n) is 4.12. The lowest BCUT2D eigenvalue weighted by Gasteiger charge is -2.47. The van der Waals surface area contributed by atoms with Crippen LogP contribution >= 0.6 is 0 Å². The quantitative estimate of drug-likeness (QED) is 0.558. The van der Waals surface area contributed by atoms with Gasteiger partial charge in [-0.15, -0.1) is 0 Å². The van der Waals surface area contributed by atoms with Crippen LogP contribution < -0.4 is 10.5 Å². The first kappa shape index (κ1) is 26.0. The molecule has 0 saturated carbocycles. The normalized spacial score (nSPS) is 19.6. The maximum atomic E-state index is 12.9.